The Bertz CT molecular complexity index is 1080. The monoisotopic (exact) mass is 311 g/mol. The molecule has 0 unspecified atom stereocenters. The minimum atomic E-state index is -0.455. The average molecular weight is 312 g/mol. The zero-order valence-corrected chi connectivity index (χ0v) is 12.3. The first kappa shape index (κ1) is 13.1. The van der Waals surface area contributed by atoms with E-state index in [2.05, 4.69) is 4.98 Å². The molecular weight excluding hydrogens is 302 g/mol. The summed E-state index contributed by atoms with van der Waals surface area (Å²) in [5.74, 6) is 0.376. The molecule has 0 atom stereocenters. The fourth-order valence-corrected chi connectivity index (χ4v) is 2.64. The lowest BCUT2D eigenvalue weighted by atomic mass is 10.1. The second kappa shape index (κ2) is 4.71. The van der Waals surface area contributed by atoms with Crippen LogP contribution in [-0.2, 0) is 0 Å². The van der Waals surface area contributed by atoms with Gasteiger partial charge < -0.3 is 8.83 Å². The molecule has 0 bridgehead atoms. The molecule has 108 valence electrons. The minimum absolute atomic E-state index is 0.376. The molecule has 4 rings (SSSR count). The van der Waals surface area contributed by atoms with Crippen LogP contribution in [0.1, 0.15) is 5.56 Å². The molecule has 4 aromatic rings. The SMILES string of the molecule is Cc1ccc2oc(-c3cc(=O)oc4ccc(Cl)cc34)nc2c1. The maximum absolute atomic E-state index is 11.8. The highest BCUT2D eigenvalue weighted by atomic mass is 35.5. The third kappa shape index (κ3) is 2.09. The first-order valence-electron chi connectivity index (χ1n) is 6.71. The van der Waals surface area contributed by atoms with Crippen molar-refractivity contribution >= 4 is 33.7 Å². The van der Waals surface area contributed by atoms with Gasteiger partial charge in [0.1, 0.15) is 11.1 Å². The van der Waals surface area contributed by atoms with Gasteiger partial charge in [-0.1, -0.05) is 17.7 Å². The van der Waals surface area contributed by atoms with Crippen LogP contribution in [0.25, 0.3) is 33.5 Å². The van der Waals surface area contributed by atoms with Gasteiger partial charge in [-0.25, -0.2) is 9.78 Å². The van der Waals surface area contributed by atoms with E-state index >= 15 is 0 Å². The number of benzene rings is 2. The molecule has 0 saturated heterocycles. The van der Waals surface area contributed by atoms with Gasteiger partial charge in [-0.2, -0.15) is 0 Å². The van der Waals surface area contributed by atoms with E-state index in [-0.39, 0.29) is 0 Å². The Morgan fingerprint density at radius 1 is 1.00 bits per heavy atom. The number of nitrogens with zero attached hydrogens (tertiary/aromatic N) is 1. The van der Waals surface area contributed by atoms with Crippen molar-refractivity contribution in [3.8, 4) is 11.5 Å². The van der Waals surface area contributed by atoms with Gasteiger partial charge in [0.25, 0.3) is 0 Å². The number of hydrogen-bond acceptors (Lipinski definition) is 4. The van der Waals surface area contributed by atoms with Gasteiger partial charge in [0.15, 0.2) is 5.58 Å². The summed E-state index contributed by atoms with van der Waals surface area (Å²) >= 11 is 6.05. The third-order valence-electron chi connectivity index (χ3n) is 3.48. The summed E-state index contributed by atoms with van der Waals surface area (Å²) in [5.41, 5.74) is 3.08. The fourth-order valence-electron chi connectivity index (χ4n) is 2.46. The predicted molar refractivity (Wildman–Crippen MR) is 85.2 cm³/mol. The van der Waals surface area contributed by atoms with E-state index in [4.69, 9.17) is 20.4 Å². The van der Waals surface area contributed by atoms with E-state index in [0.29, 0.717) is 33.0 Å². The van der Waals surface area contributed by atoms with Gasteiger partial charge in [0, 0.05) is 16.5 Å². The highest BCUT2D eigenvalue weighted by molar-refractivity contribution is 6.31. The number of oxazole rings is 1. The van der Waals surface area contributed by atoms with Crippen LogP contribution in [-0.4, -0.2) is 4.98 Å². The van der Waals surface area contributed by atoms with Crippen LogP contribution in [0, 0.1) is 6.92 Å². The largest absolute Gasteiger partial charge is 0.436 e. The van der Waals surface area contributed by atoms with Crippen LogP contribution >= 0.6 is 11.6 Å². The lowest BCUT2D eigenvalue weighted by Gasteiger charge is -2.01. The van der Waals surface area contributed by atoms with E-state index in [1.807, 2.05) is 25.1 Å². The van der Waals surface area contributed by atoms with Crippen molar-refractivity contribution in [1.82, 2.24) is 4.98 Å². The third-order valence-corrected chi connectivity index (χ3v) is 3.71. The van der Waals surface area contributed by atoms with Gasteiger partial charge in [-0.3, -0.25) is 0 Å². The van der Waals surface area contributed by atoms with Gasteiger partial charge in [0.05, 0.1) is 5.56 Å². The van der Waals surface area contributed by atoms with Gasteiger partial charge >= 0.3 is 5.63 Å². The van der Waals surface area contributed by atoms with E-state index in [1.165, 1.54) is 6.07 Å². The first-order chi connectivity index (χ1) is 10.6. The molecule has 2 heterocycles. The second-order valence-corrected chi connectivity index (χ2v) is 5.55. The zero-order chi connectivity index (χ0) is 15.3. The van der Waals surface area contributed by atoms with Gasteiger partial charge in [-0.05, 0) is 42.8 Å². The van der Waals surface area contributed by atoms with Crippen molar-refractivity contribution in [2.45, 2.75) is 6.92 Å². The lowest BCUT2D eigenvalue weighted by Crippen LogP contribution is -1.98. The standard InChI is InChI=1S/C17H10ClNO3/c1-9-2-4-15-13(6-9)19-17(22-15)12-8-16(20)21-14-5-3-10(18)7-11(12)14/h2-8H,1H3. The summed E-state index contributed by atoms with van der Waals surface area (Å²) in [4.78, 5) is 16.2. The number of fused-ring (bicyclic) bond motifs is 2. The van der Waals surface area contributed by atoms with Crippen LogP contribution in [0.4, 0.5) is 0 Å². The van der Waals surface area contributed by atoms with Crippen molar-refractivity contribution < 1.29 is 8.83 Å². The molecule has 0 saturated carbocycles. The minimum Gasteiger partial charge on any atom is -0.436 e. The van der Waals surface area contributed by atoms with Crippen LogP contribution in [0.15, 0.2) is 56.1 Å². The maximum atomic E-state index is 11.8. The maximum Gasteiger partial charge on any atom is 0.337 e. The van der Waals surface area contributed by atoms with E-state index < -0.39 is 5.63 Å². The van der Waals surface area contributed by atoms with Crippen LogP contribution in [0.2, 0.25) is 5.02 Å². The molecular formula is C17H10ClNO3. The highest BCUT2D eigenvalue weighted by Crippen LogP contribution is 2.31. The summed E-state index contributed by atoms with van der Waals surface area (Å²) in [6.07, 6.45) is 0. The number of halogens is 1. The summed E-state index contributed by atoms with van der Waals surface area (Å²) < 4.78 is 11.0. The Morgan fingerprint density at radius 2 is 1.82 bits per heavy atom. The number of rotatable bonds is 1. The quantitative estimate of drug-likeness (QED) is 0.483. The molecule has 0 aliphatic heterocycles. The predicted octanol–water partition coefficient (Wildman–Crippen LogP) is 4.56. The Hall–Kier alpha value is -2.59. The van der Waals surface area contributed by atoms with Crippen molar-refractivity contribution in [3.63, 3.8) is 0 Å². The van der Waals surface area contributed by atoms with Gasteiger partial charge in [0.2, 0.25) is 5.89 Å². The molecule has 5 heteroatoms. The molecule has 0 fully saturated rings. The molecule has 0 aliphatic carbocycles. The van der Waals surface area contributed by atoms with Crippen molar-refractivity contribution in [1.29, 1.82) is 0 Å². The van der Waals surface area contributed by atoms with E-state index in [9.17, 15) is 4.79 Å². The molecule has 0 spiro atoms. The van der Waals surface area contributed by atoms with Crippen molar-refractivity contribution in [2.24, 2.45) is 0 Å². The molecule has 2 aromatic heterocycles. The Labute approximate surface area is 130 Å². The molecule has 2 aromatic carbocycles. The van der Waals surface area contributed by atoms with Crippen LogP contribution in [0.5, 0.6) is 0 Å². The smallest absolute Gasteiger partial charge is 0.337 e. The number of hydrogen-bond donors (Lipinski definition) is 0. The summed E-state index contributed by atoms with van der Waals surface area (Å²) in [7, 11) is 0. The molecule has 0 N–H and O–H groups in total. The van der Waals surface area contributed by atoms with E-state index in [0.717, 1.165) is 11.1 Å². The lowest BCUT2D eigenvalue weighted by molar-refractivity contribution is 0.559. The van der Waals surface area contributed by atoms with Crippen LogP contribution < -0.4 is 5.63 Å². The van der Waals surface area contributed by atoms with Gasteiger partial charge in [-0.15, -0.1) is 0 Å². The topological polar surface area (TPSA) is 56.2 Å². The Morgan fingerprint density at radius 3 is 2.68 bits per heavy atom. The van der Waals surface area contributed by atoms with Crippen molar-refractivity contribution in [3.05, 3.63) is 63.5 Å². The zero-order valence-electron chi connectivity index (χ0n) is 11.6. The molecule has 4 nitrogen and oxygen atoms in total. The first-order valence-corrected chi connectivity index (χ1v) is 7.09. The molecule has 0 aliphatic rings. The molecule has 22 heavy (non-hydrogen) atoms. The fraction of sp³-hybridized carbons (Fsp3) is 0.0588. The second-order valence-electron chi connectivity index (χ2n) is 5.11. The molecule has 0 amide bonds. The summed E-state index contributed by atoms with van der Waals surface area (Å²) in [6.45, 7) is 1.99. The summed E-state index contributed by atoms with van der Waals surface area (Å²) in [5, 5.41) is 1.24. The van der Waals surface area contributed by atoms with Crippen molar-refractivity contribution in [2.75, 3.05) is 0 Å². The number of aromatic nitrogens is 1. The Balaban J connectivity index is 2.06. The summed E-state index contributed by atoms with van der Waals surface area (Å²) in [6, 6.07) is 12.2. The number of aryl methyl sites for hydroxylation is 1. The van der Waals surface area contributed by atoms with E-state index in [1.54, 1.807) is 18.2 Å². The normalized spacial score (nSPS) is 11.4. The highest BCUT2D eigenvalue weighted by Gasteiger charge is 2.14. The van der Waals surface area contributed by atoms with Crippen LogP contribution in [0.3, 0.4) is 0 Å². The average Bonchev–Trinajstić information content (AvgIpc) is 2.89. The molecule has 0 radical (unpaired) electrons. The Kier molecular flexibility index (Phi) is 2.81.